The molecule has 0 unspecified atom stereocenters. The molecular weight excluding hydrogens is 440 g/mol. The molecule has 0 saturated heterocycles. The van der Waals surface area contributed by atoms with E-state index in [4.69, 9.17) is 14.2 Å². The zero-order chi connectivity index (χ0) is 23.8. The summed E-state index contributed by atoms with van der Waals surface area (Å²) in [5.74, 6) is 2.05. The van der Waals surface area contributed by atoms with Crippen molar-refractivity contribution in [2.75, 3.05) is 34.0 Å². The average molecular weight is 466 g/mol. The lowest BCUT2D eigenvalue weighted by atomic mass is 9.90. The topological polar surface area (TPSA) is 124 Å². The Morgan fingerprint density at radius 2 is 2.18 bits per heavy atom. The molecule has 34 heavy (non-hydrogen) atoms. The Bertz CT molecular complexity index is 1230. The third-order valence-electron chi connectivity index (χ3n) is 6.07. The fourth-order valence-corrected chi connectivity index (χ4v) is 4.48. The molecule has 2 atom stereocenters. The van der Waals surface area contributed by atoms with Crippen LogP contribution in [-0.4, -0.2) is 76.3 Å². The van der Waals surface area contributed by atoms with Crippen LogP contribution in [-0.2, 0) is 6.42 Å². The van der Waals surface area contributed by atoms with Crippen molar-refractivity contribution in [1.29, 1.82) is 0 Å². The summed E-state index contributed by atoms with van der Waals surface area (Å²) in [4.78, 5) is 15.0. The number of carbonyl (C=O) groups is 1. The van der Waals surface area contributed by atoms with Crippen LogP contribution in [0.4, 0.5) is 0 Å². The van der Waals surface area contributed by atoms with Crippen molar-refractivity contribution in [3.05, 3.63) is 52.8 Å². The lowest BCUT2D eigenvalue weighted by molar-refractivity contribution is 0.0923. The van der Waals surface area contributed by atoms with Crippen LogP contribution in [0.3, 0.4) is 0 Å². The lowest BCUT2D eigenvalue weighted by Crippen LogP contribution is -2.35. The summed E-state index contributed by atoms with van der Waals surface area (Å²) in [7, 11) is 3.60. The summed E-state index contributed by atoms with van der Waals surface area (Å²) in [6.45, 7) is 2.66. The van der Waals surface area contributed by atoms with Crippen molar-refractivity contribution in [3.8, 4) is 22.9 Å². The Morgan fingerprint density at radius 3 is 2.97 bits per heavy atom. The van der Waals surface area contributed by atoms with E-state index in [9.17, 15) is 9.90 Å². The number of para-hydroxylation sites is 1. The summed E-state index contributed by atoms with van der Waals surface area (Å²) in [5, 5.41) is 24.9. The van der Waals surface area contributed by atoms with E-state index in [0.717, 1.165) is 24.1 Å². The van der Waals surface area contributed by atoms with Crippen LogP contribution >= 0.6 is 0 Å². The molecule has 5 rings (SSSR count). The van der Waals surface area contributed by atoms with Crippen LogP contribution in [0.5, 0.6) is 17.2 Å². The third-order valence-corrected chi connectivity index (χ3v) is 6.07. The number of nitrogens with one attached hydrogen (secondary N) is 1. The molecule has 0 fully saturated rings. The van der Waals surface area contributed by atoms with Gasteiger partial charge in [0.1, 0.15) is 6.04 Å². The Hall–Kier alpha value is -3.70. The highest BCUT2D eigenvalue weighted by atomic mass is 16.7. The second-order valence-corrected chi connectivity index (χ2v) is 8.37. The number of aromatic nitrogens is 4. The number of ether oxygens (including phenoxy) is 3. The van der Waals surface area contributed by atoms with Gasteiger partial charge in [-0.25, -0.2) is 0 Å². The number of hydrogen-bond donors (Lipinski definition) is 2. The van der Waals surface area contributed by atoms with E-state index >= 15 is 0 Å². The standard InChI is InChI=1S/C23H26N6O5/c1-13(30)11-24-23(31)15-6-4-5-7-16(15)29-22(25-26-27-29)19-18-14(8-9-28(19)2)10-17-20(21(18)32-3)34-12-33-17/h4-7,10,13,19,30H,8-9,11-12H2,1-3H3,(H,24,31)/t13-,19+/m1/s1. The molecule has 0 radical (unpaired) electrons. The molecule has 2 N–H and O–H groups in total. The van der Waals surface area contributed by atoms with Crippen molar-refractivity contribution < 1.29 is 24.1 Å². The first-order valence-corrected chi connectivity index (χ1v) is 11.0. The normalized spacial score (nSPS) is 17.8. The predicted octanol–water partition coefficient (Wildman–Crippen LogP) is 1.09. The number of carbonyl (C=O) groups excluding carboxylic acids is 1. The first-order valence-electron chi connectivity index (χ1n) is 11.0. The van der Waals surface area contributed by atoms with E-state index in [1.54, 1.807) is 36.9 Å². The van der Waals surface area contributed by atoms with Crippen LogP contribution in [0.15, 0.2) is 30.3 Å². The molecule has 11 nitrogen and oxygen atoms in total. The maximum atomic E-state index is 12.9. The van der Waals surface area contributed by atoms with Crippen molar-refractivity contribution in [3.63, 3.8) is 0 Å². The second kappa shape index (κ2) is 8.92. The smallest absolute Gasteiger partial charge is 0.253 e. The van der Waals surface area contributed by atoms with Gasteiger partial charge < -0.3 is 24.6 Å². The number of aliphatic hydroxyl groups is 1. The monoisotopic (exact) mass is 466 g/mol. The molecule has 2 aliphatic heterocycles. The minimum Gasteiger partial charge on any atom is -0.492 e. The highest BCUT2D eigenvalue weighted by Crippen LogP contribution is 2.50. The molecule has 0 aliphatic carbocycles. The molecule has 0 spiro atoms. The van der Waals surface area contributed by atoms with Crippen LogP contribution in [0.2, 0.25) is 0 Å². The maximum absolute atomic E-state index is 12.9. The van der Waals surface area contributed by atoms with E-state index < -0.39 is 6.10 Å². The molecule has 1 amide bonds. The first kappa shape index (κ1) is 22.1. The van der Waals surface area contributed by atoms with Crippen LogP contribution < -0.4 is 19.5 Å². The fourth-order valence-electron chi connectivity index (χ4n) is 4.48. The van der Waals surface area contributed by atoms with Gasteiger partial charge in [0.25, 0.3) is 5.91 Å². The molecule has 11 heteroatoms. The number of tetrazole rings is 1. The van der Waals surface area contributed by atoms with E-state index in [-0.39, 0.29) is 25.3 Å². The number of aliphatic hydroxyl groups excluding tert-OH is 1. The number of fused-ring (bicyclic) bond motifs is 2. The average Bonchev–Trinajstić information content (AvgIpc) is 3.50. The van der Waals surface area contributed by atoms with Crippen molar-refractivity contribution in [1.82, 2.24) is 30.4 Å². The Balaban J connectivity index is 1.62. The number of nitrogens with zero attached hydrogens (tertiary/aromatic N) is 5. The zero-order valence-electron chi connectivity index (χ0n) is 19.2. The molecule has 178 valence electrons. The van der Waals surface area contributed by atoms with E-state index in [1.165, 1.54) is 0 Å². The third kappa shape index (κ3) is 3.72. The number of benzene rings is 2. The first-order chi connectivity index (χ1) is 16.5. The highest BCUT2D eigenvalue weighted by molar-refractivity contribution is 5.97. The van der Waals surface area contributed by atoms with Gasteiger partial charge in [-0.1, -0.05) is 12.1 Å². The van der Waals surface area contributed by atoms with E-state index in [2.05, 4.69) is 25.7 Å². The van der Waals surface area contributed by atoms with Gasteiger partial charge >= 0.3 is 0 Å². The summed E-state index contributed by atoms with van der Waals surface area (Å²) in [5.41, 5.74) is 2.91. The molecule has 3 heterocycles. The van der Waals surface area contributed by atoms with E-state index in [1.807, 2.05) is 19.2 Å². The van der Waals surface area contributed by atoms with Crippen LogP contribution in [0.25, 0.3) is 5.69 Å². The van der Waals surface area contributed by atoms with Gasteiger partial charge in [0.2, 0.25) is 12.5 Å². The molecule has 3 aromatic rings. The predicted molar refractivity (Wildman–Crippen MR) is 120 cm³/mol. The molecular formula is C23H26N6O5. The Morgan fingerprint density at radius 1 is 1.35 bits per heavy atom. The van der Waals surface area contributed by atoms with Gasteiger partial charge in [0.15, 0.2) is 17.3 Å². The van der Waals surface area contributed by atoms with Gasteiger partial charge in [-0.05, 0) is 54.6 Å². The summed E-state index contributed by atoms with van der Waals surface area (Å²) in [6.07, 6.45) is 0.141. The number of hydrogen-bond acceptors (Lipinski definition) is 9. The van der Waals surface area contributed by atoms with Gasteiger partial charge in [-0.3, -0.25) is 9.69 Å². The SMILES string of the molecule is COc1c2c(cc3c1[C@@H](c1nnnn1-c1ccccc1C(=O)NC[C@@H](C)O)N(C)CC3)OCO2. The van der Waals surface area contributed by atoms with Crippen molar-refractivity contribution >= 4 is 5.91 Å². The van der Waals surface area contributed by atoms with Gasteiger partial charge in [-0.2, -0.15) is 4.68 Å². The Labute approximate surface area is 196 Å². The van der Waals surface area contributed by atoms with Crippen molar-refractivity contribution in [2.45, 2.75) is 25.5 Å². The quantitative estimate of drug-likeness (QED) is 0.549. The second-order valence-electron chi connectivity index (χ2n) is 8.37. The largest absolute Gasteiger partial charge is 0.492 e. The summed E-state index contributed by atoms with van der Waals surface area (Å²) >= 11 is 0. The van der Waals surface area contributed by atoms with Crippen LogP contribution in [0.1, 0.15) is 40.3 Å². The lowest BCUT2D eigenvalue weighted by Gasteiger charge is -2.34. The molecule has 0 saturated carbocycles. The fraction of sp³-hybridized carbons (Fsp3) is 0.391. The Kier molecular flexibility index (Phi) is 5.80. The number of rotatable bonds is 6. The molecule has 2 aromatic carbocycles. The minimum absolute atomic E-state index is 0.138. The van der Waals surface area contributed by atoms with E-state index in [0.29, 0.717) is 34.3 Å². The van der Waals surface area contributed by atoms with Crippen LogP contribution in [0, 0.1) is 0 Å². The number of methoxy groups -OCH3 is 1. The highest BCUT2D eigenvalue weighted by Gasteiger charge is 2.38. The zero-order valence-corrected chi connectivity index (χ0v) is 19.2. The number of amides is 1. The molecule has 0 bridgehead atoms. The summed E-state index contributed by atoms with van der Waals surface area (Å²) in [6, 6.07) is 8.73. The van der Waals surface area contributed by atoms with Gasteiger partial charge in [0.05, 0.1) is 24.5 Å². The molecule has 2 aliphatic rings. The molecule has 1 aromatic heterocycles. The maximum Gasteiger partial charge on any atom is 0.253 e. The van der Waals surface area contributed by atoms with Gasteiger partial charge in [0, 0.05) is 18.7 Å². The van der Waals surface area contributed by atoms with Crippen molar-refractivity contribution in [2.24, 2.45) is 0 Å². The minimum atomic E-state index is -0.660. The van der Waals surface area contributed by atoms with Gasteiger partial charge in [-0.15, -0.1) is 5.10 Å². The number of likely N-dealkylation sites (N-methyl/N-ethyl adjacent to an activating group) is 1. The summed E-state index contributed by atoms with van der Waals surface area (Å²) < 4.78 is 18.7.